The van der Waals surface area contributed by atoms with Crippen LogP contribution >= 0.6 is 0 Å². The normalized spacial score (nSPS) is 38.8. The summed E-state index contributed by atoms with van der Waals surface area (Å²) in [7, 11) is 1.49. The zero-order valence-electron chi connectivity index (χ0n) is 25.4. The van der Waals surface area contributed by atoms with E-state index in [1.165, 1.54) is 70.5 Å². The number of carbonyl (C=O) groups is 1. The summed E-state index contributed by atoms with van der Waals surface area (Å²) < 4.78 is 4.87. The summed E-state index contributed by atoms with van der Waals surface area (Å²) in [6.07, 6.45) is 18.5. The van der Waals surface area contributed by atoms with Gasteiger partial charge < -0.3 is 20.5 Å². The Hall–Kier alpha value is -1.50. The van der Waals surface area contributed by atoms with E-state index in [1.807, 2.05) is 18.5 Å². The Labute approximate surface area is 242 Å². The summed E-state index contributed by atoms with van der Waals surface area (Å²) >= 11 is 0. The number of rotatable bonds is 12. The van der Waals surface area contributed by atoms with Crippen molar-refractivity contribution < 1.29 is 14.6 Å². The smallest absolute Gasteiger partial charge is 0.305 e. The summed E-state index contributed by atoms with van der Waals surface area (Å²) in [5, 5.41) is 19.1. The van der Waals surface area contributed by atoms with Crippen molar-refractivity contribution in [1.82, 2.24) is 15.6 Å². The van der Waals surface area contributed by atoms with Gasteiger partial charge in [-0.25, -0.2) is 0 Å². The Kier molecular flexibility index (Phi) is 9.90. The van der Waals surface area contributed by atoms with E-state index in [-0.39, 0.29) is 12.1 Å². The third kappa shape index (κ3) is 6.29. The molecule has 0 saturated heterocycles. The van der Waals surface area contributed by atoms with Gasteiger partial charge in [-0.1, -0.05) is 19.9 Å². The Balaban J connectivity index is 1.08. The number of nitrogens with one attached hydrogen (secondary N) is 2. The molecule has 0 amide bonds. The number of unbranched alkanes of at least 4 members (excludes halogenated alkanes) is 1. The van der Waals surface area contributed by atoms with Crippen molar-refractivity contribution in [3.8, 4) is 0 Å². The lowest BCUT2D eigenvalue weighted by molar-refractivity contribution is -0.165. The monoisotopic (exact) mass is 553 g/mol. The molecule has 0 aromatic carbocycles. The van der Waals surface area contributed by atoms with Crippen molar-refractivity contribution in [3.63, 3.8) is 0 Å². The van der Waals surface area contributed by atoms with E-state index >= 15 is 0 Å². The lowest BCUT2D eigenvalue weighted by Crippen LogP contribution is -2.59. The fraction of sp³-hybridized carbons (Fsp3) is 0.824. The van der Waals surface area contributed by atoms with E-state index < -0.39 is 0 Å². The van der Waals surface area contributed by atoms with Gasteiger partial charge in [0.15, 0.2) is 0 Å². The molecule has 1 aromatic rings. The molecule has 3 N–H and O–H groups in total. The molecule has 6 heteroatoms. The van der Waals surface area contributed by atoms with Gasteiger partial charge in [0.25, 0.3) is 0 Å². The molecule has 40 heavy (non-hydrogen) atoms. The van der Waals surface area contributed by atoms with Crippen LogP contribution in [0.25, 0.3) is 0 Å². The molecule has 8 unspecified atom stereocenters. The molecule has 4 saturated carbocycles. The van der Waals surface area contributed by atoms with Gasteiger partial charge in [-0.05, 0) is 142 Å². The van der Waals surface area contributed by atoms with Crippen LogP contribution in [0.4, 0.5) is 0 Å². The van der Waals surface area contributed by atoms with Crippen LogP contribution in [0.1, 0.15) is 103 Å². The molecule has 0 radical (unpaired) electrons. The summed E-state index contributed by atoms with van der Waals surface area (Å²) in [6, 6.07) is 4.72. The number of aromatic nitrogens is 1. The van der Waals surface area contributed by atoms with Gasteiger partial charge >= 0.3 is 5.97 Å². The molecule has 5 rings (SSSR count). The predicted octanol–water partition coefficient (Wildman–Crippen LogP) is 5.88. The van der Waals surface area contributed by atoms with Crippen LogP contribution in [0.3, 0.4) is 0 Å². The zero-order chi connectivity index (χ0) is 28.2. The second-order valence-electron chi connectivity index (χ2n) is 14.3. The molecule has 1 heterocycles. The van der Waals surface area contributed by atoms with Crippen LogP contribution in [0.2, 0.25) is 0 Å². The van der Waals surface area contributed by atoms with Gasteiger partial charge in [-0.15, -0.1) is 0 Å². The third-order valence-corrected chi connectivity index (χ3v) is 12.3. The van der Waals surface area contributed by atoms with Gasteiger partial charge in [0, 0.05) is 31.4 Å². The lowest BCUT2D eigenvalue weighted by atomic mass is 9.44. The number of aliphatic hydroxyl groups is 1. The first-order valence-corrected chi connectivity index (χ1v) is 16.4. The van der Waals surface area contributed by atoms with Crippen molar-refractivity contribution in [1.29, 1.82) is 0 Å². The van der Waals surface area contributed by atoms with E-state index in [0.29, 0.717) is 52.9 Å². The van der Waals surface area contributed by atoms with Crippen molar-refractivity contribution in [2.45, 2.75) is 116 Å². The Morgan fingerprint density at radius 3 is 2.65 bits per heavy atom. The average molecular weight is 554 g/mol. The zero-order valence-corrected chi connectivity index (χ0v) is 25.4. The average Bonchev–Trinajstić information content (AvgIpc) is 3.29. The topological polar surface area (TPSA) is 83.5 Å². The Morgan fingerprint density at radius 2 is 1.85 bits per heavy atom. The van der Waals surface area contributed by atoms with E-state index in [0.717, 1.165) is 38.9 Å². The molecule has 224 valence electrons. The third-order valence-electron chi connectivity index (χ3n) is 12.3. The molecule has 6 nitrogen and oxygen atoms in total. The number of aliphatic hydroxyl groups excluding tert-OH is 1. The first-order chi connectivity index (χ1) is 19.3. The minimum absolute atomic E-state index is 0.0797. The minimum atomic E-state index is -0.147. The molecule has 0 spiro atoms. The van der Waals surface area contributed by atoms with Gasteiger partial charge in [0.2, 0.25) is 0 Å². The Morgan fingerprint density at radius 1 is 1.05 bits per heavy atom. The van der Waals surface area contributed by atoms with Gasteiger partial charge in [-0.3, -0.25) is 9.78 Å². The number of esters is 1. The van der Waals surface area contributed by atoms with E-state index in [9.17, 15) is 9.90 Å². The maximum absolute atomic E-state index is 11.7. The standard InChI is InChI=1S/C34H55N3O3/c1-33-16-14-29-32(28(33)12-11-25(33)9-6-10-31(39)40-3)30(38)21-26-20-27(13-15-34(26,29)2)37-19-5-4-17-35-22-24-8-7-18-36-23-24/h7-8,18,23,25-30,32,35,37-38H,4-6,9-17,19-22H2,1-3H3/t25?,26-,27?,28?,29?,30?,32?,33?,34?/m1/s1. The fourth-order valence-corrected chi connectivity index (χ4v) is 10.0. The molecule has 9 atom stereocenters. The van der Waals surface area contributed by atoms with Crippen LogP contribution in [0.5, 0.6) is 0 Å². The second-order valence-corrected chi connectivity index (χ2v) is 14.3. The molecular weight excluding hydrogens is 498 g/mol. The highest BCUT2D eigenvalue weighted by molar-refractivity contribution is 5.68. The van der Waals surface area contributed by atoms with Crippen LogP contribution in [-0.4, -0.2) is 48.4 Å². The van der Waals surface area contributed by atoms with E-state index in [4.69, 9.17) is 4.74 Å². The van der Waals surface area contributed by atoms with Gasteiger partial charge in [-0.2, -0.15) is 0 Å². The molecular formula is C34H55N3O3. The molecule has 4 fully saturated rings. The van der Waals surface area contributed by atoms with Gasteiger partial charge in [0.05, 0.1) is 13.2 Å². The number of methoxy groups -OCH3 is 1. The van der Waals surface area contributed by atoms with Crippen LogP contribution < -0.4 is 10.6 Å². The minimum Gasteiger partial charge on any atom is -0.469 e. The van der Waals surface area contributed by atoms with E-state index in [1.54, 1.807) is 0 Å². The van der Waals surface area contributed by atoms with Crippen molar-refractivity contribution in [3.05, 3.63) is 30.1 Å². The lowest BCUT2D eigenvalue weighted by Gasteiger charge is -2.62. The number of pyridine rings is 1. The van der Waals surface area contributed by atoms with Crippen LogP contribution in [-0.2, 0) is 16.1 Å². The Bertz CT molecular complexity index is 959. The van der Waals surface area contributed by atoms with Gasteiger partial charge in [0.1, 0.15) is 0 Å². The molecule has 0 aliphatic heterocycles. The number of carbonyl (C=O) groups excluding carboxylic acids is 1. The number of nitrogens with zero attached hydrogens (tertiary/aromatic N) is 1. The summed E-state index contributed by atoms with van der Waals surface area (Å²) in [4.78, 5) is 15.8. The number of hydrogen-bond acceptors (Lipinski definition) is 6. The molecule has 4 aliphatic rings. The first kappa shape index (κ1) is 30.0. The highest BCUT2D eigenvalue weighted by Gasteiger charge is 2.62. The number of fused-ring (bicyclic) bond motifs is 5. The van der Waals surface area contributed by atoms with Crippen molar-refractivity contribution >= 4 is 5.97 Å². The largest absolute Gasteiger partial charge is 0.469 e. The number of hydrogen-bond donors (Lipinski definition) is 3. The van der Waals surface area contributed by atoms with Crippen LogP contribution in [0.15, 0.2) is 24.5 Å². The predicted molar refractivity (Wildman–Crippen MR) is 159 cm³/mol. The summed E-state index contributed by atoms with van der Waals surface area (Å²) in [6.45, 7) is 8.15. The first-order valence-electron chi connectivity index (χ1n) is 16.4. The number of ether oxygens (including phenoxy) is 1. The molecule has 0 bridgehead atoms. The summed E-state index contributed by atoms with van der Waals surface area (Å²) in [5.74, 6) is 3.02. The van der Waals surface area contributed by atoms with Crippen molar-refractivity contribution in [2.24, 2.45) is 40.4 Å². The summed E-state index contributed by atoms with van der Waals surface area (Å²) in [5.41, 5.74) is 1.95. The molecule has 4 aliphatic carbocycles. The van der Waals surface area contributed by atoms with E-state index in [2.05, 4.69) is 35.5 Å². The quantitative estimate of drug-likeness (QED) is 0.221. The molecule has 1 aromatic heterocycles. The van der Waals surface area contributed by atoms with Crippen LogP contribution in [0, 0.1) is 40.4 Å². The fourth-order valence-electron chi connectivity index (χ4n) is 10.0. The highest BCUT2D eigenvalue weighted by Crippen LogP contribution is 2.67. The maximum atomic E-state index is 11.7. The maximum Gasteiger partial charge on any atom is 0.305 e. The SMILES string of the molecule is COC(=O)CCCC1CCC2C3C(O)C[C@H]4CC(NCCCCNCc5cccnc5)CCC4(C)C3CCC12C. The highest BCUT2D eigenvalue weighted by atomic mass is 16.5. The second kappa shape index (κ2) is 13.2. The van der Waals surface area contributed by atoms with Crippen molar-refractivity contribution in [2.75, 3.05) is 20.2 Å².